The highest BCUT2D eigenvalue weighted by Crippen LogP contribution is 2.15. The number of nitrogens with one attached hydrogen (secondary N) is 2. The molecule has 194 valence electrons. The van der Waals surface area contributed by atoms with Crippen LogP contribution in [0.25, 0.3) is 0 Å². The molecule has 0 spiro atoms. The molecule has 0 fully saturated rings. The van der Waals surface area contributed by atoms with Crippen molar-refractivity contribution < 1.29 is 28.7 Å². The first-order valence-corrected chi connectivity index (χ1v) is 12.0. The molecule has 0 aromatic heterocycles. The molecular formula is C27H40N2O6. The lowest BCUT2D eigenvalue weighted by atomic mass is 10.1. The van der Waals surface area contributed by atoms with Gasteiger partial charge in [0, 0.05) is 24.1 Å². The number of carbonyl (C=O) groups is 4. The predicted molar refractivity (Wildman–Crippen MR) is 136 cm³/mol. The molecule has 2 amide bonds. The number of rotatable bonds is 12. The smallest absolute Gasteiger partial charge is 0.329 e. The molecule has 1 atom stereocenters. The lowest BCUT2D eigenvalue weighted by Crippen LogP contribution is -2.44. The van der Waals surface area contributed by atoms with E-state index in [-0.39, 0.29) is 18.7 Å². The molecule has 0 heterocycles. The summed E-state index contributed by atoms with van der Waals surface area (Å²) in [5.74, 6) is -1.69. The van der Waals surface area contributed by atoms with E-state index in [9.17, 15) is 19.2 Å². The van der Waals surface area contributed by atoms with Crippen LogP contribution in [0.5, 0.6) is 0 Å². The van der Waals surface area contributed by atoms with Crippen molar-refractivity contribution in [2.75, 3.05) is 5.32 Å². The summed E-state index contributed by atoms with van der Waals surface area (Å²) < 4.78 is 10.7. The largest absolute Gasteiger partial charge is 0.460 e. The topological polar surface area (TPSA) is 111 Å². The predicted octanol–water partition coefficient (Wildman–Crippen LogP) is 4.93. The first-order valence-electron chi connectivity index (χ1n) is 12.0. The van der Waals surface area contributed by atoms with Crippen molar-refractivity contribution in [2.45, 2.75) is 97.3 Å². The van der Waals surface area contributed by atoms with Crippen LogP contribution in [0.1, 0.15) is 90.4 Å². The number of hydrogen-bond donors (Lipinski definition) is 2. The molecule has 0 aliphatic rings. The Bertz CT molecular complexity index is 878. The van der Waals surface area contributed by atoms with Gasteiger partial charge in [0.15, 0.2) is 0 Å². The third-order valence-corrected chi connectivity index (χ3v) is 4.55. The molecule has 35 heavy (non-hydrogen) atoms. The van der Waals surface area contributed by atoms with Crippen molar-refractivity contribution in [3.63, 3.8) is 0 Å². The van der Waals surface area contributed by atoms with Crippen LogP contribution in [-0.2, 0) is 23.9 Å². The number of anilines is 1. The van der Waals surface area contributed by atoms with Gasteiger partial charge in [0.2, 0.25) is 5.91 Å². The van der Waals surface area contributed by atoms with Crippen LogP contribution in [0.15, 0.2) is 36.9 Å². The Morgan fingerprint density at radius 1 is 0.914 bits per heavy atom. The molecule has 0 unspecified atom stereocenters. The summed E-state index contributed by atoms with van der Waals surface area (Å²) in [7, 11) is 0. The van der Waals surface area contributed by atoms with Gasteiger partial charge in [-0.2, -0.15) is 0 Å². The average molecular weight is 489 g/mol. The van der Waals surface area contributed by atoms with E-state index in [1.807, 2.05) is 6.08 Å². The zero-order chi connectivity index (χ0) is 26.6. The summed E-state index contributed by atoms with van der Waals surface area (Å²) in [6.07, 6.45) is 4.77. The van der Waals surface area contributed by atoms with Gasteiger partial charge in [0.1, 0.15) is 17.2 Å². The monoisotopic (exact) mass is 488 g/mol. The lowest BCUT2D eigenvalue weighted by Gasteiger charge is -2.25. The summed E-state index contributed by atoms with van der Waals surface area (Å²) in [5.41, 5.74) is -0.522. The standard InChI is InChI=1S/C27H40N2O6/c1-8-9-10-11-12-22(30)28-20-15-13-19(14-16-20)24(32)29-21(25(33)35-27(5,6)7)17-18-23(31)34-26(2,3)4/h8,13-16,21H,1,9-12,17-18H2,2-7H3,(H,28,30)(H,29,32)/t21-/m0/s1. The highest BCUT2D eigenvalue weighted by atomic mass is 16.6. The van der Waals surface area contributed by atoms with Crippen LogP contribution in [-0.4, -0.2) is 41.0 Å². The molecular weight excluding hydrogens is 448 g/mol. The molecule has 0 aliphatic carbocycles. The number of ether oxygens (including phenoxy) is 2. The van der Waals surface area contributed by atoms with E-state index >= 15 is 0 Å². The number of hydrogen-bond acceptors (Lipinski definition) is 6. The molecule has 1 aromatic carbocycles. The van der Waals surface area contributed by atoms with E-state index < -0.39 is 35.1 Å². The Balaban J connectivity index is 2.78. The first-order chi connectivity index (χ1) is 16.2. The fraction of sp³-hybridized carbons (Fsp3) is 0.556. The maximum Gasteiger partial charge on any atom is 0.329 e. The summed E-state index contributed by atoms with van der Waals surface area (Å²) in [6, 6.07) is 5.34. The van der Waals surface area contributed by atoms with Crippen LogP contribution in [0.3, 0.4) is 0 Å². The summed E-state index contributed by atoms with van der Waals surface area (Å²) in [6.45, 7) is 14.1. The average Bonchev–Trinajstić information content (AvgIpc) is 2.72. The van der Waals surface area contributed by atoms with Gasteiger partial charge in [0.05, 0.1) is 0 Å². The van der Waals surface area contributed by atoms with E-state index in [4.69, 9.17) is 9.47 Å². The van der Waals surface area contributed by atoms with Crippen molar-refractivity contribution in [2.24, 2.45) is 0 Å². The van der Waals surface area contributed by atoms with Gasteiger partial charge in [-0.15, -0.1) is 6.58 Å². The molecule has 0 saturated heterocycles. The molecule has 0 saturated carbocycles. The van der Waals surface area contributed by atoms with Crippen LogP contribution < -0.4 is 10.6 Å². The van der Waals surface area contributed by atoms with Crippen molar-refractivity contribution >= 4 is 29.4 Å². The van der Waals surface area contributed by atoms with E-state index in [0.717, 1.165) is 19.3 Å². The Labute approximate surface area is 208 Å². The van der Waals surface area contributed by atoms with E-state index in [2.05, 4.69) is 17.2 Å². The molecule has 8 heteroatoms. The van der Waals surface area contributed by atoms with E-state index in [0.29, 0.717) is 17.7 Å². The minimum Gasteiger partial charge on any atom is -0.460 e. The van der Waals surface area contributed by atoms with Crippen molar-refractivity contribution in [1.29, 1.82) is 0 Å². The van der Waals surface area contributed by atoms with Gasteiger partial charge in [0.25, 0.3) is 5.91 Å². The van der Waals surface area contributed by atoms with Crippen molar-refractivity contribution in [3.05, 3.63) is 42.5 Å². The number of carbonyl (C=O) groups excluding carboxylic acids is 4. The maximum atomic E-state index is 12.8. The van der Waals surface area contributed by atoms with Crippen LogP contribution in [0.4, 0.5) is 5.69 Å². The van der Waals surface area contributed by atoms with Crippen LogP contribution in [0.2, 0.25) is 0 Å². The minimum absolute atomic E-state index is 0.0373. The van der Waals surface area contributed by atoms with Crippen molar-refractivity contribution in [3.8, 4) is 0 Å². The Morgan fingerprint density at radius 2 is 1.51 bits per heavy atom. The molecule has 8 nitrogen and oxygen atoms in total. The van der Waals surface area contributed by atoms with Crippen LogP contribution >= 0.6 is 0 Å². The van der Waals surface area contributed by atoms with Gasteiger partial charge in [-0.3, -0.25) is 14.4 Å². The lowest BCUT2D eigenvalue weighted by molar-refractivity contribution is -0.158. The number of unbranched alkanes of at least 4 members (excludes halogenated alkanes) is 2. The van der Waals surface area contributed by atoms with Gasteiger partial charge in [-0.25, -0.2) is 4.79 Å². The minimum atomic E-state index is -1.02. The summed E-state index contributed by atoms with van der Waals surface area (Å²) in [5, 5.41) is 5.46. The number of esters is 2. The first kappa shape index (κ1) is 29.9. The van der Waals surface area contributed by atoms with E-state index in [1.54, 1.807) is 65.8 Å². The normalized spacial score (nSPS) is 12.3. The van der Waals surface area contributed by atoms with Gasteiger partial charge in [-0.1, -0.05) is 6.08 Å². The quantitative estimate of drug-likeness (QED) is 0.245. The Kier molecular flexibility index (Phi) is 11.7. The van der Waals surface area contributed by atoms with Gasteiger partial charge < -0.3 is 20.1 Å². The van der Waals surface area contributed by atoms with Gasteiger partial charge in [-0.05, 0) is 91.5 Å². The second kappa shape index (κ2) is 13.7. The maximum absolute atomic E-state index is 12.8. The third kappa shape index (κ3) is 13.3. The summed E-state index contributed by atoms with van der Waals surface area (Å²) in [4.78, 5) is 49.7. The molecule has 0 aliphatic heterocycles. The molecule has 0 bridgehead atoms. The second-order valence-corrected chi connectivity index (χ2v) is 10.3. The van der Waals surface area contributed by atoms with Gasteiger partial charge >= 0.3 is 11.9 Å². The number of amides is 2. The zero-order valence-corrected chi connectivity index (χ0v) is 21.9. The zero-order valence-electron chi connectivity index (χ0n) is 21.9. The number of allylic oxidation sites excluding steroid dienone is 1. The van der Waals surface area contributed by atoms with Crippen molar-refractivity contribution in [1.82, 2.24) is 5.32 Å². The summed E-state index contributed by atoms with van der Waals surface area (Å²) >= 11 is 0. The fourth-order valence-electron chi connectivity index (χ4n) is 3.02. The second-order valence-electron chi connectivity index (χ2n) is 10.3. The highest BCUT2D eigenvalue weighted by Gasteiger charge is 2.28. The Morgan fingerprint density at radius 3 is 2.06 bits per heavy atom. The molecule has 0 radical (unpaired) electrons. The molecule has 2 N–H and O–H groups in total. The highest BCUT2D eigenvalue weighted by molar-refractivity contribution is 5.98. The Hall–Kier alpha value is -3.16. The number of benzene rings is 1. The third-order valence-electron chi connectivity index (χ3n) is 4.55. The fourth-order valence-corrected chi connectivity index (χ4v) is 3.02. The van der Waals surface area contributed by atoms with E-state index in [1.165, 1.54) is 0 Å². The van der Waals surface area contributed by atoms with Crippen LogP contribution in [0, 0.1) is 0 Å². The SMILES string of the molecule is C=CCCCCC(=O)Nc1ccc(C(=O)N[C@@H](CCC(=O)OC(C)(C)C)C(=O)OC(C)(C)C)cc1. The molecule has 1 rings (SSSR count). The molecule has 1 aromatic rings.